The van der Waals surface area contributed by atoms with Crippen LogP contribution in [0.2, 0.25) is 0 Å². The number of rotatable bonds is 18. The van der Waals surface area contributed by atoms with Crippen molar-refractivity contribution in [2.75, 3.05) is 27.3 Å². The second-order valence-corrected chi connectivity index (χ2v) is 14.5. The van der Waals surface area contributed by atoms with Gasteiger partial charge in [0.05, 0.1) is 38.5 Å². The first-order chi connectivity index (χ1) is 28.8. The zero-order valence-corrected chi connectivity index (χ0v) is 33.3. The number of nitrogens with one attached hydrogen (secondary N) is 4. The number of ether oxygens (including phenoxy) is 2. The van der Waals surface area contributed by atoms with Crippen molar-refractivity contribution in [2.45, 2.75) is 88.6 Å². The van der Waals surface area contributed by atoms with Gasteiger partial charge < -0.3 is 51.6 Å². The van der Waals surface area contributed by atoms with Gasteiger partial charge in [-0.3, -0.25) is 33.6 Å². The van der Waals surface area contributed by atoms with Crippen LogP contribution >= 0.6 is 0 Å². The van der Waals surface area contributed by atoms with Crippen LogP contribution in [0, 0.1) is 29.2 Å². The fourth-order valence-electron chi connectivity index (χ4n) is 7.35. The molecule has 1 aliphatic heterocycles. The molecule has 2 aromatic carbocycles. The van der Waals surface area contributed by atoms with Gasteiger partial charge in [-0.25, -0.2) is 22.4 Å². The smallest absolute Gasteiger partial charge is 0.339 e. The number of aliphatic hydroxyl groups is 1. The van der Waals surface area contributed by atoms with Gasteiger partial charge in [-0.2, -0.15) is 0 Å². The van der Waals surface area contributed by atoms with Crippen LogP contribution in [0.25, 0.3) is 0 Å². The molecule has 0 aromatic heterocycles. The number of carbonyl (C=O) groups is 8. The largest absolute Gasteiger partial charge is 0.497 e. The minimum atomic E-state index is -2.48. The van der Waals surface area contributed by atoms with Crippen LogP contribution in [-0.2, 0) is 28.8 Å². The SMILES string of the molecule is CCCC(NC(=O)[C@@H]1C[C@@H](O)CN1C(=O)[C@@H](NC(=O)c1c(F)c(F)c(F)c(F)c1C(=O)O)C1CCCCC1)C(=O)C(=O)NCC(=O)NC(C(N)=O)c1cc(OC)cc(OC)c1. The summed E-state index contributed by atoms with van der Waals surface area (Å²) in [6, 6.07) is -1.79. The normalized spacial score (nSPS) is 17.9. The number of Topliss-reactive ketones (excluding diaryl/α,β-unsaturated/α-hetero) is 1. The molecule has 2 fully saturated rings. The van der Waals surface area contributed by atoms with Crippen molar-refractivity contribution in [2.24, 2.45) is 11.7 Å². The monoisotopic (exact) mass is 866 g/mol. The van der Waals surface area contributed by atoms with E-state index in [0.717, 1.165) is 11.3 Å². The molecule has 6 amide bonds. The third-order valence-corrected chi connectivity index (χ3v) is 10.4. The first-order valence-corrected chi connectivity index (χ1v) is 19.2. The first kappa shape index (κ1) is 47.4. The molecule has 0 spiro atoms. The fraction of sp³-hybridized carbons (Fsp3) is 0.487. The number of ketones is 1. The fourth-order valence-corrected chi connectivity index (χ4v) is 7.35. The number of hydrogen-bond donors (Lipinski definition) is 7. The van der Waals surface area contributed by atoms with Crippen LogP contribution in [-0.4, -0.2) is 114 Å². The second kappa shape index (κ2) is 20.8. The van der Waals surface area contributed by atoms with E-state index in [4.69, 9.17) is 15.2 Å². The van der Waals surface area contributed by atoms with Crippen molar-refractivity contribution < 1.29 is 75.6 Å². The topological polar surface area (TPSA) is 273 Å². The highest BCUT2D eigenvalue weighted by Crippen LogP contribution is 2.31. The third-order valence-electron chi connectivity index (χ3n) is 10.4. The molecule has 1 aliphatic carbocycles. The lowest BCUT2D eigenvalue weighted by molar-refractivity contribution is -0.143. The third kappa shape index (κ3) is 11.1. The van der Waals surface area contributed by atoms with E-state index in [2.05, 4.69) is 21.3 Å². The Balaban J connectivity index is 1.50. The maximum atomic E-state index is 14.9. The van der Waals surface area contributed by atoms with E-state index >= 15 is 0 Å². The minimum absolute atomic E-state index is 0.113. The number of halogens is 4. The zero-order chi connectivity index (χ0) is 45.3. The van der Waals surface area contributed by atoms with Crippen molar-refractivity contribution >= 4 is 47.2 Å². The van der Waals surface area contributed by atoms with Crippen LogP contribution in [0.5, 0.6) is 11.5 Å². The molecule has 2 unspecified atom stereocenters. The molecule has 18 nitrogen and oxygen atoms in total. The van der Waals surface area contributed by atoms with E-state index in [1.807, 2.05) is 0 Å². The summed E-state index contributed by atoms with van der Waals surface area (Å²) < 4.78 is 68.0. The average molecular weight is 867 g/mol. The van der Waals surface area contributed by atoms with Gasteiger partial charge >= 0.3 is 5.97 Å². The summed E-state index contributed by atoms with van der Waals surface area (Å²) in [6.07, 6.45) is 0.768. The number of aromatic carboxylic acids is 1. The van der Waals surface area contributed by atoms with Crippen molar-refractivity contribution in [1.82, 2.24) is 26.2 Å². The number of carboxylic acids is 1. The number of nitrogens with zero attached hydrogens (tertiary/aromatic N) is 1. The highest BCUT2D eigenvalue weighted by Gasteiger charge is 2.45. The number of likely N-dealkylation sites (tertiary alicyclic amines) is 1. The Morgan fingerprint density at radius 3 is 1.98 bits per heavy atom. The number of carbonyl (C=O) groups excluding carboxylic acids is 7. The highest BCUT2D eigenvalue weighted by atomic mass is 19.2. The lowest BCUT2D eigenvalue weighted by Crippen LogP contribution is -2.58. The molecule has 332 valence electrons. The quantitative estimate of drug-likeness (QED) is 0.0477. The molecule has 0 radical (unpaired) electrons. The van der Waals surface area contributed by atoms with Gasteiger partial charge in [-0.1, -0.05) is 32.6 Å². The number of β-amino-alcohol motifs (C(OH)–C–C–N with tert-alkyl or cyclic N) is 1. The molecule has 1 saturated heterocycles. The Labute approximate surface area is 345 Å². The van der Waals surface area contributed by atoms with Crippen LogP contribution in [0.3, 0.4) is 0 Å². The van der Waals surface area contributed by atoms with E-state index < -0.39 is 137 Å². The summed E-state index contributed by atoms with van der Waals surface area (Å²) in [7, 11) is 2.72. The van der Waals surface area contributed by atoms with Crippen LogP contribution in [0.4, 0.5) is 17.6 Å². The number of primary amides is 1. The van der Waals surface area contributed by atoms with Crippen molar-refractivity contribution in [3.05, 3.63) is 58.2 Å². The minimum Gasteiger partial charge on any atom is -0.497 e. The summed E-state index contributed by atoms with van der Waals surface area (Å²) in [5, 5.41) is 29.1. The molecule has 2 aliphatic rings. The standard InChI is InChI=1S/C39H46F4N6O12/c1-4-8-22(33(52)37(56)45-15-24(51)47-31(34(44)53)18-11-20(60-2)14-21(12-18)61-3)46-35(54)23-13-19(50)16-49(23)38(57)32(17-9-6-5-7-10-17)48-36(55)25-26(39(58)59)28(41)30(43)29(42)27(25)40/h11-12,14,17,19,22-23,31-32,50H,4-10,13,15-16H2,1-3H3,(H2,44,53)(H,45,56)(H,46,54)(H,47,51)(H,48,55)(H,58,59)/t19-,22?,23+,31?,32+/m1/s1. The molecule has 2 aromatic rings. The van der Waals surface area contributed by atoms with E-state index in [1.54, 1.807) is 6.92 Å². The molecule has 5 atom stereocenters. The van der Waals surface area contributed by atoms with Crippen molar-refractivity contribution in [3.63, 3.8) is 0 Å². The molecular weight excluding hydrogens is 820 g/mol. The van der Waals surface area contributed by atoms with Crippen molar-refractivity contribution in [1.29, 1.82) is 0 Å². The van der Waals surface area contributed by atoms with Gasteiger partial charge in [0.15, 0.2) is 23.3 Å². The van der Waals surface area contributed by atoms with Gasteiger partial charge in [-0.15, -0.1) is 0 Å². The Morgan fingerprint density at radius 1 is 0.852 bits per heavy atom. The molecule has 8 N–H and O–H groups in total. The van der Waals surface area contributed by atoms with Gasteiger partial charge in [0.1, 0.15) is 35.2 Å². The zero-order valence-electron chi connectivity index (χ0n) is 33.3. The van der Waals surface area contributed by atoms with Gasteiger partial charge in [0, 0.05) is 19.0 Å². The Hall–Kier alpha value is -6.32. The summed E-state index contributed by atoms with van der Waals surface area (Å²) in [5.74, 6) is -20.4. The molecule has 1 saturated carbocycles. The molecule has 61 heavy (non-hydrogen) atoms. The Kier molecular flexibility index (Phi) is 16.1. The average Bonchev–Trinajstić information content (AvgIpc) is 3.64. The molecule has 4 rings (SSSR count). The summed E-state index contributed by atoms with van der Waals surface area (Å²) in [6.45, 7) is 0.309. The second-order valence-electron chi connectivity index (χ2n) is 14.5. The Bertz CT molecular complexity index is 2040. The van der Waals surface area contributed by atoms with Gasteiger partial charge in [0.25, 0.3) is 11.8 Å². The predicted molar refractivity (Wildman–Crippen MR) is 202 cm³/mol. The van der Waals surface area contributed by atoms with Crippen LogP contribution in [0.15, 0.2) is 18.2 Å². The number of carboxylic acid groups (broad SMARTS) is 1. The summed E-state index contributed by atoms with van der Waals surface area (Å²) >= 11 is 0. The number of amides is 6. The number of methoxy groups -OCH3 is 2. The number of aliphatic hydroxyl groups excluding tert-OH is 1. The van der Waals surface area contributed by atoms with E-state index in [-0.39, 0.29) is 42.7 Å². The molecule has 0 bridgehead atoms. The lowest BCUT2D eigenvalue weighted by atomic mass is 9.83. The lowest BCUT2D eigenvalue weighted by Gasteiger charge is -2.35. The van der Waals surface area contributed by atoms with Crippen LogP contribution in [0.1, 0.15) is 90.6 Å². The van der Waals surface area contributed by atoms with Crippen LogP contribution < -0.4 is 36.5 Å². The summed E-state index contributed by atoms with van der Waals surface area (Å²) in [4.78, 5) is 105. The Morgan fingerprint density at radius 2 is 1.44 bits per heavy atom. The maximum absolute atomic E-state index is 14.9. The first-order valence-electron chi connectivity index (χ1n) is 19.2. The van der Waals surface area contributed by atoms with Gasteiger partial charge in [0.2, 0.25) is 29.4 Å². The molecule has 22 heteroatoms. The number of benzene rings is 2. The molecule has 1 heterocycles. The summed E-state index contributed by atoms with van der Waals surface area (Å²) in [5.41, 5.74) is 2.15. The predicted octanol–water partition coefficient (Wildman–Crippen LogP) is 0.912. The number of nitrogens with two attached hydrogens (primary N) is 1. The van der Waals surface area contributed by atoms with E-state index in [0.29, 0.717) is 12.8 Å². The van der Waals surface area contributed by atoms with E-state index in [1.165, 1.54) is 32.4 Å². The van der Waals surface area contributed by atoms with E-state index in [9.17, 15) is 66.1 Å². The number of hydrogen-bond acceptors (Lipinski definition) is 11. The van der Waals surface area contributed by atoms with Crippen molar-refractivity contribution in [3.8, 4) is 11.5 Å². The highest BCUT2D eigenvalue weighted by molar-refractivity contribution is 6.38. The molecular formula is C39H46F4N6O12. The maximum Gasteiger partial charge on any atom is 0.339 e. The van der Waals surface area contributed by atoms with Gasteiger partial charge in [-0.05, 0) is 42.9 Å².